The average molecular weight is 277 g/mol. The van der Waals surface area contributed by atoms with Crippen LogP contribution in [0.25, 0.3) is 0 Å². The molecule has 1 heterocycles. The molecule has 2 rings (SSSR count). The van der Waals surface area contributed by atoms with E-state index in [1.165, 1.54) is 18.5 Å². The third-order valence-electron chi connectivity index (χ3n) is 2.73. The van der Waals surface area contributed by atoms with Gasteiger partial charge in [-0.05, 0) is 31.5 Å². The molecule has 0 aliphatic heterocycles. The van der Waals surface area contributed by atoms with Crippen molar-refractivity contribution in [3.8, 4) is 0 Å². The first-order valence-corrected chi connectivity index (χ1v) is 7.18. The number of nitrogens with one attached hydrogen (secondary N) is 1. The van der Waals surface area contributed by atoms with Crippen LogP contribution in [-0.4, -0.2) is 13.4 Å². The maximum absolute atomic E-state index is 12.2. The smallest absolute Gasteiger partial charge is 0.265 e. The molecule has 19 heavy (non-hydrogen) atoms. The summed E-state index contributed by atoms with van der Waals surface area (Å²) in [6.07, 6.45) is 2.69. The molecular formula is C13H15N3O2S. The van der Waals surface area contributed by atoms with Crippen LogP contribution in [0.2, 0.25) is 0 Å². The van der Waals surface area contributed by atoms with Crippen molar-refractivity contribution < 1.29 is 8.42 Å². The van der Waals surface area contributed by atoms with Crippen molar-refractivity contribution in [1.82, 2.24) is 4.98 Å². The Morgan fingerprint density at radius 2 is 1.95 bits per heavy atom. The molecule has 0 unspecified atom stereocenters. The zero-order valence-electron chi connectivity index (χ0n) is 10.7. The number of nitrogen functional groups attached to an aromatic ring is 1. The van der Waals surface area contributed by atoms with Gasteiger partial charge in [0.2, 0.25) is 0 Å². The summed E-state index contributed by atoms with van der Waals surface area (Å²) >= 11 is 0. The van der Waals surface area contributed by atoms with E-state index in [4.69, 9.17) is 5.73 Å². The van der Waals surface area contributed by atoms with E-state index in [0.717, 1.165) is 11.1 Å². The third kappa shape index (κ3) is 2.85. The Morgan fingerprint density at radius 1 is 1.21 bits per heavy atom. The number of hydrogen-bond acceptors (Lipinski definition) is 4. The van der Waals surface area contributed by atoms with Crippen LogP contribution < -0.4 is 10.5 Å². The summed E-state index contributed by atoms with van der Waals surface area (Å²) in [6.45, 7) is 3.79. The number of sulfonamides is 1. The van der Waals surface area contributed by atoms with Gasteiger partial charge < -0.3 is 5.73 Å². The minimum absolute atomic E-state index is 0.0185. The fourth-order valence-corrected chi connectivity index (χ4v) is 2.95. The van der Waals surface area contributed by atoms with E-state index < -0.39 is 10.0 Å². The molecule has 0 atom stereocenters. The van der Waals surface area contributed by atoms with Gasteiger partial charge in [0, 0.05) is 12.4 Å². The molecule has 100 valence electrons. The van der Waals surface area contributed by atoms with Gasteiger partial charge in [0.1, 0.15) is 4.90 Å². The van der Waals surface area contributed by atoms with Crippen LogP contribution in [0.4, 0.5) is 11.4 Å². The van der Waals surface area contributed by atoms with Gasteiger partial charge in [-0.1, -0.05) is 17.7 Å². The lowest BCUT2D eigenvalue weighted by atomic mass is 10.1. The maximum atomic E-state index is 12.2. The third-order valence-corrected chi connectivity index (χ3v) is 4.14. The Morgan fingerprint density at radius 3 is 2.58 bits per heavy atom. The minimum Gasteiger partial charge on any atom is -0.398 e. The predicted octanol–water partition coefficient (Wildman–Crippen LogP) is 2.08. The lowest BCUT2D eigenvalue weighted by Crippen LogP contribution is -2.15. The number of aryl methyl sites for hydroxylation is 2. The molecule has 3 N–H and O–H groups in total. The molecule has 0 fully saturated rings. The first-order chi connectivity index (χ1) is 8.90. The second-order valence-corrected chi connectivity index (χ2v) is 5.99. The zero-order chi connectivity index (χ0) is 14.0. The van der Waals surface area contributed by atoms with E-state index in [2.05, 4.69) is 9.71 Å². The second kappa shape index (κ2) is 4.89. The normalized spacial score (nSPS) is 11.3. The highest BCUT2D eigenvalue weighted by atomic mass is 32.2. The van der Waals surface area contributed by atoms with E-state index >= 15 is 0 Å². The van der Waals surface area contributed by atoms with Crippen LogP contribution in [0.1, 0.15) is 11.1 Å². The van der Waals surface area contributed by atoms with Gasteiger partial charge in [0.05, 0.1) is 11.4 Å². The maximum Gasteiger partial charge on any atom is 0.265 e. The molecule has 6 heteroatoms. The van der Waals surface area contributed by atoms with Crippen molar-refractivity contribution in [3.05, 3.63) is 47.8 Å². The number of nitrogens with two attached hydrogens (primary N) is 1. The molecule has 0 saturated carbocycles. The lowest BCUT2D eigenvalue weighted by molar-refractivity contribution is 0.601. The SMILES string of the molecule is Cc1ccc(NS(=O)(=O)c2cnccc2N)c(C)c1. The van der Waals surface area contributed by atoms with E-state index in [-0.39, 0.29) is 10.6 Å². The van der Waals surface area contributed by atoms with Crippen LogP contribution in [-0.2, 0) is 10.0 Å². The number of aromatic nitrogens is 1. The molecule has 1 aromatic carbocycles. The van der Waals surface area contributed by atoms with Gasteiger partial charge >= 0.3 is 0 Å². The summed E-state index contributed by atoms with van der Waals surface area (Å²) in [6, 6.07) is 6.94. The largest absolute Gasteiger partial charge is 0.398 e. The average Bonchev–Trinajstić information content (AvgIpc) is 2.33. The van der Waals surface area contributed by atoms with E-state index in [9.17, 15) is 8.42 Å². The van der Waals surface area contributed by atoms with Crippen LogP contribution >= 0.6 is 0 Å². The molecule has 0 aliphatic rings. The Balaban J connectivity index is 2.40. The summed E-state index contributed by atoms with van der Waals surface area (Å²) in [5, 5.41) is 0. The fourth-order valence-electron chi connectivity index (χ4n) is 1.74. The van der Waals surface area contributed by atoms with E-state index in [0.29, 0.717) is 5.69 Å². The highest BCUT2D eigenvalue weighted by molar-refractivity contribution is 7.92. The van der Waals surface area contributed by atoms with Crippen molar-refractivity contribution in [2.24, 2.45) is 0 Å². The van der Waals surface area contributed by atoms with Crippen molar-refractivity contribution in [3.63, 3.8) is 0 Å². The number of benzene rings is 1. The number of hydrogen-bond donors (Lipinski definition) is 2. The molecule has 0 bridgehead atoms. The molecule has 0 aliphatic carbocycles. The number of rotatable bonds is 3. The Bertz CT molecular complexity index is 712. The summed E-state index contributed by atoms with van der Waals surface area (Å²) in [5.74, 6) is 0. The molecular weight excluding hydrogens is 262 g/mol. The topological polar surface area (TPSA) is 85.1 Å². The molecule has 0 amide bonds. The van der Waals surface area contributed by atoms with E-state index in [1.807, 2.05) is 26.0 Å². The Kier molecular flexibility index (Phi) is 3.44. The van der Waals surface area contributed by atoms with Crippen LogP contribution in [0.3, 0.4) is 0 Å². The van der Waals surface area contributed by atoms with Gasteiger partial charge in [-0.25, -0.2) is 8.42 Å². The molecule has 0 saturated heterocycles. The molecule has 0 spiro atoms. The molecule has 2 aromatic rings. The zero-order valence-corrected chi connectivity index (χ0v) is 11.5. The number of anilines is 2. The number of nitrogens with zero attached hydrogens (tertiary/aromatic N) is 1. The quantitative estimate of drug-likeness (QED) is 0.899. The molecule has 0 radical (unpaired) electrons. The summed E-state index contributed by atoms with van der Waals surface area (Å²) in [5.41, 5.74) is 8.30. The highest BCUT2D eigenvalue weighted by Crippen LogP contribution is 2.22. The Hall–Kier alpha value is -2.08. The van der Waals surface area contributed by atoms with Crippen molar-refractivity contribution in [2.75, 3.05) is 10.5 Å². The first kappa shape index (κ1) is 13.4. The summed E-state index contributed by atoms with van der Waals surface area (Å²) in [7, 11) is -3.72. The summed E-state index contributed by atoms with van der Waals surface area (Å²) in [4.78, 5) is 3.77. The van der Waals surface area contributed by atoms with Gasteiger partial charge in [-0.3, -0.25) is 9.71 Å². The second-order valence-electron chi connectivity index (χ2n) is 4.34. The van der Waals surface area contributed by atoms with Crippen LogP contribution in [0.15, 0.2) is 41.6 Å². The van der Waals surface area contributed by atoms with Gasteiger partial charge in [-0.15, -0.1) is 0 Å². The predicted molar refractivity (Wildman–Crippen MR) is 75.4 cm³/mol. The lowest BCUT2D eigenvalue weighted by Gasteiger charge is -2.12. The van der Waals surface area contributed by atoms with Gasteiger partial charge in [0.15, 0.2) is 0 Å². The summed E-state index contributed by atoms with van der Waals surface area (Å²) < 4.78 is 27.0. The van der Waals surface area contributed by atoms with Crippen molar-refractivity contribution >= 4 is 21.4 Å². The minimum atomic E-state index is -3.72. The van der Waals surface area contributed by atoms with Gasteiger partial charge in [-0.2, -0.15) is 0 Å². The van der Waals surface area contributed by atoms with Crippen LogP contribution in [0.5, 0.6) is 0 Å². The number of pyridine rings is 1. The van der Waals surface area contributed by atoms with Crippen molar-refractivity contribution in [1.29, 1.82) is 0 Å². The van der Waals surface area contributed by atoms with E-state index in [1.54, 1.807) is 6.07 Å². The molecule has 5 nitrogen and oxygen atoms in total. The van der Waals surface area contributed by atoms with Gasteiger partial charge in [0.25, 0.3) is 10.0 Å². The Labute approximate surface area is 112 Å². The van der Waals surface area contributed by atoms with Crippen LogP contribution in [0, 0.1) is 13.8 Å². The monoisotopic (exact) mass is 277 g/mol. The highest BCUT2D eigenvalue weighted by Gasteiger charge is 2.18. The first-order valence-electron chi connectivity index (χ1n) is 5.70. The fraction of sp³-hybridized carbons (Fsp3) is 0.154. The van der Waals surface area contributed by atoms with Crippen molar-refractivity contribution in [2.45, 2.75) is 18.7 Å². The molecule has 1 aromatic heterocycles. The standard InChI is InChI=1S/C13H15N3O2S/c1-9-3-4-12(10(2)7-9)16-19(17,18)13-8-15-6-5-11(13)14/h3-8,16H,1-2H3,(H2,14,15).